The predicted molar refractivity (Wildman–Crippen MR) is 130 cm³/mol. The number of aryl methyl sites for hydroxylation is 1. The molecule has 0 spiro atoms. The van der Waals surface area contributed by atoms with Gasteiger partial charge in [0.15, 0.2) is 21.6 Å². The molecule has 5 rings (SSSR count). The Hall–Kier alpha value is -3.37. The quantitative estimate of drug-likeness (QED) is 0.252. The smallest absolute Gasteiger partial charge is 0.231 e. The fourth-order valence-corrected chi connectivity index (χ4v) is 5.40. The Bertz CT molecular complexity index is 1370. The first kappa shape index (κ1) is 22.4. The van der Waals surface area contributed by atoms with Crippen LogP contribution in [0.25, 0.3) is 0 Å². The van der Waals surface area contributed by atoms with Gasteiger partial charge < -0.3 is 19.4 Å². The zero-order valence-corrected chi connectivity index (χ0v) is 20.1. The predicted octanol–water partition coefficient (Wildman–Crippen LogP) is 5.59. The largest absolute Gasteiger partial charge is 0.454 e. The van der Waals surface area contributed by atoms with E-state index in [1.165, 1.54) is 29.2 Å². The van der Waals surface area contributed by atoms with Crippen LogP contribution >= 0.6 is 23.1 Å². The summed E-state index contributed by atoms with van der Waals surface area (Å²) < 4.78 is 27.4. The number of ether oxygens (including phenoxy) is 2. The number of nitrogens with zero attached hydrogens (tertiary/aromatic N) is 3. The molecule has 0 saturated carbocycles. The van der Waals surface area contributed by atoms with E-state index in [1.807, 2.05) is 38.1 Å². The summed E-state index contributed by atoms with van der Waals surface area (Å²) in [6.45, 7) is 4.83. The van der Waals surface area contributed by atoms with Gasteiger partial charge in [-0.3, -0.25) is 4.79 Å². The molecule has 1 aliphatic rings. The number of benzene rings is 2. The van der Waals surface area contributed by atoms with Crippen LogP contribution in [-0.4, -0.2) is 33.1 Å². The van der Waals surface area contributed by atoms with Gasteiger partial charge in [0.25, 0.3) is 0 Å². The number of fused-ring (bicyclic) bond motifs is 1. The van der Waals surface area contributed by atoms with Crippen molar-refractivity contribution in [2.24, 2.45) is 0 Å². The third-order valence-corrected chi connectivity index (χ3v) is 7.47. The molecule has 1 aliphatic heterocycles. The number of carbonyl (C=O) groups excluding carboxylic acids is 1. The first-order valence-electron chi connectivity index (χ1n) is 10.5. The van der Waals surface area contributed by atoms with Crippen LogP contribution in [0.5, 0.6) is 11.5 Å². The fraction of sp³-hybridized carbons (Fsp3) is 0.208. The van der Waals surface area contributed by atoms with Gasteiger partial charge in [0.2, 0.25) is 11.9 Å². The maximum atomic E-state index is 13.8. The van der Waals surface area contributed by atoms with E-state index in [2.05, 4.69) is 20.1 Å². The van der Waals surface area contributed by atoms with Gasteiger partial charge in [0, 0.05) is 23.5 Å². The third-order valence-electron chi connectivity index (χ3n) is 5.50. The molecule has 174 valence electrons. The average molecular weight is 497 g/mol. The highest BCUT2D eigenvalue weighted by Crippen LogP contribution is 2.33. The number of para-hydroxylation sites is 1. The first-order chi connectivity index (χ1) is 16.5. The summed E-state index contributed by atoms with van der Waals surface area (Å²) in [4.78, 5) is 13.0. The van der Waals surface area contributed by atoms with E-state index in [-0.39, 0.29) is 24.1 Å². The molecule has 7 nitrogen and oxygen atoms in total. The number of hydrogen-bond donors (Lipinski definition) is 1. The molecule has 0 radical (unpaired) electrons. The second-order valence-electron chi connectivity index (χ2n) is 7.75. The average Bonchev–Trinajstić information content (AvgIpc) is 3.55. The van der Waals surface area contributed by atoms with Crippen molar-refractivity contribution >= 4 is 39.7 Å². The molecule has 2 aromatic carbocycles. The molecule has 34 heavy (non-hydrogen) atoms. The molecule has 10 heteroatoms. The highest BCUT2D eigenvalue weighted by molar-refractivity contribution is 8.01. The van der Waals surface area contributed by atoms with E-state index >= 15 is 0 Å². The second-order valence-corrected chi connectivity index (χ2v) is 9.95. The summed E-state index contributed by atoms with van der Waals surface area (Å²) in [6, 6.07) is 14.2. The molecule has 1 N–H and O–H groups in total. The lowest BCUT2D eigenvalue weighted by Gasteiger charge is -2.10. The molecule has 0 atom stereocenters. The molecule has 0 saturated heterocycles. The van der Waals surface area contributed by atoms with Crippen molar-refractivity contribution in [3.05, 3.63) is 76.9 Å². The van der Waals surface area contributed by atoms with E-state index in [1.54, 1.807) is 18.2 Å². The van der Waals surface area contributed by atoms with Gasteiger partial charge in [-0.25, -0.2) is 4.39 Å². The van der Waals surface area contributed by atoms with Gasteiger partial charge in [-0.05, 0) is 49.7 Å². The van der Waals surface area contributed by atoms with Crippen molar-refractivity contribution in [3.63, 3.8) is 0 Å². The van der Waals surface area contributed by atoms with Crippen LogP contribution in [0.4, 0.5) is 15.2 Å². The van der Waals surface area contributed by atoms with Crippen LogP contribution in [0.2, 0.25) is 0 Å². The fourth-order valence-electron chi connectivity index (χ4n) is 3.75. The number of thioether (sulfide) groups is 1. The zero-order chi connectivity index (χ0) is 23.7. The molecule has 0 unspecified atom stereocenters. The van der Waals surface area contributed by atoms with Crippen molar-refractivity contribution in [1.82, 2.24) is 14.8 Å². The van der Waals surface area contributed by atoms with E-state index in [0.717, 1.165) is 28.5 Å². The highest BCUT2D eigenvalue weighted by atomic mass is 32.2. The minimum absolute atomic E-state index is 0.0221. The lowest BCUT2D eigenvalue weighted by molar-refractivity contribution is 0.102. The highest BCUT2D eigenvalue weighted by Gasteiger charge is 2.19. The molecule has 0 bridgehead atoms. The van der Waals surface area contributed by atoms with Crippen LogP contribution in [0, 0.1) is 19.7 Å². The SMILES string of the molecule is Cc1cc(C(=O)CSc2nnc(Nc3ccccc3F)s2)c(C)n1Cc1ccc2c(c1)OCO2. The maximum Gasteiger partial charge on any atom is 0.231 e. The van der Waals surface area contributed by atoms with Crippen LogP contribution in [-0.2, 0) is 6.54 Å². The number of rotatable bonds is 8. The molecule has 0 aliphatic carbocycles. The van der Waals surface area contributed by atoms with Crippen LogP contribution in [0.15, 0.2) is 52.9 Å². The van der Waals surface area contributed by atoms with Crippen molar-refractivity contribution in [1.29, 1.82) is 0 Å². The Morgan fingerprint density at radius 3 is 2.82 bits per heavy atom. The van der Waals surface area contributed by atoms with Crippen LogP contribution in [0.3, 0.4) is 0 Å². The van der Waals surface area contributed by atoms with Crippen molar-refractivity contribution < 1.29 is 18.7 Å². The van der Waals surface area contributed by atoms with Crippen LogP contribution in [0.1, 0.15) is 27.3 Å². The molecule has 0 fully saturated rings. The molecular formula is C24H21FN4O3S2. The minimum atomic E-state index is -0.363. The van der Waals surface area contributed by atoms with Gasteiger partial charge in [-0.1, -0.05) is 41.3 Å². The summed E-state index contributed by atoms with van der Waals surface area (Å²) in [7, 11) is 0. The number of aromatic nitrogens is 3. The van der Waals surface area contributed by atoms with E-state index < -0.39 is 0 Å². The second kappa shape index (κ2) is 9.47. The van der Waals surface area contributed by atoms with Crippen molar-refractivity contribution in [3.8, 4) is 11.5 Å². The van der Waals surface area contributed by atoms with Crippen molar-refractivity contribution in [2.45, 2.75) is 24.7 Å². The number of ketones is 1. The topological polar surface area (TPSA) is 78.3 Å². The summed E-state index contributed by atoms with van der Waals surface area (Å²) in [5.41, 5.74) is 4.03. The van der Waals surface area contributed by atoms with Crippen molar-refractivity contribution in [2.75, 3.05) is 17.9 Å². The zero-order valence-electron chi connectivity index (χ0n) is 18.5. The lowest BCUT2D eigenvalue weighted by atomic mass is 10.1. The van der Waals surface area contributed by atoms with E-state index in [4.69, 9.17) is 9.47 Å². The van der Waals surface area contributed by atoms with Gasteiger partial charge in [0.05, 0.1) is 11.4 Å². The molecule has 3 heterocycles. The third kappa shape index (κ3) is 4.64. The number of carbonyl (C=O) groups is 1. The summed E-state index contributed by atoms with van der Waals surface area (Å²) in [5.74, 6) is 1.39. The van der Waals surface area contributed by atoms with E-state index in [0.29, 0.717) is 27.3 Å². The number of Topliss-reactive ketones (excluding diaryl/α,β-unsaturated/α-hetero) is 1. The van der Waals surface area contributed by atoms with Gasteiger partial charge in [-0.2, -0.15) is 0 Å². The molecule has 4 aromatic rings. The summed E-state index contributed by atoms with van der Waals surface area (Å²) >= 11 is 2.60. The van der Waals surface area contributed by atoms with Crippen LogP contribution < -0.4 is 14.8 Å². The molecular weight excluding hydrogens is 475 g/mol. The molecule has 0 amide bonds. The van der Waals surface area contributed by atoms with E-state index in [9.17, 15) is 9.18 Å². The standard InChI is InChI=1S/C24H21FN4O3S2/c1-14-9-17(15(2)29(14)11-16-7-8-21-22(10-16)32-13-31-21)20(30)12-33-24-28-27-23(34-24)26-19-6-4-3-5-18(19)25/h3-10H,11-13H2,1-2H3,(H,26,27). The Morgan fingerprint density at radius 1 is 1.15 bits per heavy atom. The Labute approximate surface area is 203 Å². The maximum absolute atomic E-state index is 13.8. The summed E-state index contributed by atoms with van der Waals surface area (Å²) in [6.07, 6.45) is 0. The Balaban J connectivity index is 1.23. The molecule has 2 aromatic heterocycles. The minimum Gasteiger partial charge on any atom is -0.454 e. The van der Waals surface area contributed by atoms with Gasteiger partial charge in [0.1, 0.15) is 5.82 Å². The Kier molecular flexibility index (Phi) is 6.25. The number of halogens is 1. The Morgan fingerprint density at radius 2 is 1.97 bits per heavy atom. The first-order valence-corrected chi connectivity index (χ1v) is 12.3. The lowest BCUT2D eigenvalue weighted by Crippen LogP contribution is -2.07. The number of hydrogen-bond acceptors (Lipinski definition) is 8. The van der Waals surface area contributed by atoms with Gasteiger partial charge in [-0.15, -0.1) is 10.2 Å². The summed E-state index contributed by atoms with van der Waals surface area (Å²) in [5, 5.41) is 11.5. The number of nitrogens with one attached hydrogen (secondary N) is 1. The normalized spacial score (nSPS) is 12.2. The van der Waals surface area contributed by atoms with Gasteiger partial charge >= 0.3 is 0 Å². The monoisotopic (exact) mass is 496 g/mol. The number of anilines is 2.